The topological polar surface area (TPSA) is 167 Å². The normalized spacial score (nSPS) is 23.5. The number of anilines is 1. The Bertz CT molecular complexity index is 1210. The molecule has 4 aromatic rings. The molecule has 0 saturated carbocycles. The third-order valence-corrected chi connectivity index (χ3v) is 5.30. The van der Waals surface area contributed by atoms with Crippen LogP contribution in [0.1, 0.15) is 6.23 Å². The van der Waals surface area contributed by atoms with Crippen molar-refractivity contribution in [1.82, 2.24) is 34.7 Å². The van der Waals surface area contributed by atoms with Crippen LogP contribution in [-0.4, -0.2) is 82.0 Å². The van der Waals surface area contributed by atoms with Gasteiger partial charge < -0.3 is 25.4 Å². The van der Waals surface area contributed by atoms with Gasteiger partial charge in [-0.15, -0.1) is 0 Å². The molecule has 31 heavy (non-hydrogen) atoms. The Morgan fingerprint density at radius 3 is 2.71 bits per heavy atom. The molecular formula is C19H20N8O4. The van der Waals surface area contributed by atoms with Crippen LogP contribution in [0.25, 0.3) is 33.8 Å². The van der Waals surface area contributed by atoms with E-state index in [1.54, 1.807) is 25.6 Å². The van der Waals surface area contributed by atoms with E-state index in [1.165, 1.54) is 10.9 Å². The Labute approximate surface area is 175 Å². The molecule has 0 aromatic carbocycles. The molecule has 4 atom stereocenters. The van der Waals surface area contributed by atoms with Crippen molar-refractivity contribution in [2.24, 2.45) is 0 Å². The number of imidazole rings is 1. The first-order valence-corrected chi connectivity index (χ1v) is 9.61. The minimum absolute atomic E-state index is 0.356. The van der Waals surface area contributed by atoms with Crippen LogP contribution < -0.4 is 5.32 Å². The van der Waals surface area contributed by atoms with E-state index < -0.39 is 31.1 Å². The first-order valence-electron chi connectivity index (χ1n) is 9.61. The monoisotopic (exact) mass is 424 g/mol. The molecule has 5 rings (SSSR count). The zero-order chi connectivity index (χ0) is 21.5. The molecule has 4 aromatic heterocycles. The Hall–Kier alpha value is -3.45. The summed E-state index contributed by atoms with van der Waals surface area (Å²) >= 11 is 0. The SMILES string of the molecule is CNc1nc(-c2[nH]ncc2-c2ccncc2)nc2c1ncn2[C@@H]1O[C@H](CO)[C@@H](O)[C@H]1O. The lowest BCUT2D eigenvalue weighted by Gasteiger charge is -2.17. The lowest BCUT2D eigenvalue weighted by Crippen LogP contribution is -2.33. The van der Waals surface area contributed by atoms with Gasteiger partial charge in [0.2, 0.25) is 0 Å². The number of aromatic nitrogens is 7. The number of rotatable bonds is 5. The van der Waals surface area contributed by atoms with E-state index in [0.717, 1.165) is 11.1 Å². The highest BCUT2D eigenvalue weighted by Gasteiger charge is 2.44. The summed E-state index contributed by atoms with van der Waals surface area (Å²) in [4.78, 5) is 17.6. The highest BCUT2D eigenvalue weighted by atomic mass is 16.6. The third kappa shape index (κ3) is 3.13. The van der Waals surface area contributed by atoms with Gasteiger partial charge in [0.1, 0.15) is 24.0 Å². The zero-order valence-electron chi connectivity index (χ0n) is 16.4. The van der Waals surface area contributed by atoms with Gasteiger partial charge in [0.05, 0.1) is 19.1 Å². The van der Waals surface area contributed by atoms with Crippen molar-refractivity contribution in [3.63, 3.8) is 0 Å². The molecule has 0 aliphatic carbocycles. The quantitative estimate of drug-likeness (QED) is 0.292. The van der Waals surface area contributed by atoms with Crippen LogP contribution in [0.5, 0.6) is 0 Å². The molecule has 1 aliphatic heterocycles. The second-order valence-electron chi connectivity index (χ2n) is 7.09. The number of ether oxygens (including phenoxy) is 1. The zero-order valence-corrected chi connectivity index (χ0v) is 16.4. The fourth-order valence-corrected chi connectivity index (χ4v) is 3.71. The van der Waals surface area contributed by atoms with Crippen LogP contribution in [-0.2, 0) is 4.74 Å². The smallest absolute Gasteiger partial charge is 0.182 e. The van der Waals surface area contributed by atoms with Crippen LogP contribution in [0.15, 0.2) is 37.1 Å². The highest BCUT2D eigenvalue weighted by molar-refractivity contribution is 5.86. The van der Waals surface area contributed by atoms with Gasteiger partial charge in [0, 0.05) is 25.0 Å². The van der Waals surface area contributed by atoms with Gasteiger partial charge >= 0.3 is 0 Å². The second kappa shape index (κ2) is 7.67. The average molecular weight is 424 g/mol. The molecule has 5 N–H and O–H groups in total. The second-order valence-corrected chi connectivity index (χ2v) is 7.09. The summed E-state index contributed by atoms with van der Waals surface area (Å²) in [5.74, 6) is 0.829. The lowest BCUT2D eigenvalue weighted by atomic mass is 10.1. The summed E-state index contributed by atoms with van der Waals surface area (Å²) in [5, 5.41) is 40.1. The summed E-state index contributed by atoms with van der Waals surface area (Å²) in [5.41, 5.74) is 3.14. The maximum absolute atomic E-state index is 10.4. The first kappa shape index (κ1) is 19.5. The summed E-state index contributed by atoms with van der Waals surface area (Å²) in [6, 6.07) is 3.71. The van der Waals surface area contributed by atoms with Crippen molar-refractivity contribution in [3.8, 4) is 22.6 Å². The Balaban J connectivity index is 1.64. The number of aromatic amines is 1. The van der Waals surface area contributed by atoms with Crippen molar-refractivity contribution in [2.45, 2.75) is 24.5 Å². The van der Waals surface area contributed by atoms with Gasteiger partial charge in [-0.2, -0.15) is 5.10 Å². The molecule has 12 nitrogen and oxygen atoms in total. The number of nitrogens with one attached hydrogen (secondary N) is 2. The number of aliphatic hydroxyl groups excluding tert-OH is 3. The fraction of sp³-hybridized carbons (Fsp3) is 0.316. The molecule has 1 saturated heterocycles. The van der Waals surface area contributed by atoms with Crippen LogP contribution in [0.3, 0.4) is 0 Å². The van der Waals surface area contributed by atoms with Gasteiger partial charge in [-0.25, -0.2) is 15.0 Å². The number of H-pyrrole nitrogens is 1. The van der Waals surface area contributed by atoms with Crippen LogP contribution in [0, 0.1) is 0 Å². The number of hydrogen-bond donors (Lipinski definition) is 5. The summed E-state index contributed by atoms with van der Waals surface area (Å²) in [6.07, 6.45) is 2.15. The third-order valence-electron chi connectivity index (χ3n) is 5.30. The van der Waals surface area contributed by atoms with E-state index in [1.807, 2.05) is 12.1 Å². The minimum Gasteiger partial charge on any atom is -0.394 e. The van der Waals surface area contributed by atoms with Gasteiger partial charge in [-0.05, 0) is 17.7 Å². The van der Waals surface area contributed by atoms with Gasteiger partial charge in [-0.3, -0.25) is 14.6 Å². The Morgan fingerprint density at radius 1 is 1.19 bits per heavy atom. The van der Waals surface area contributed by atoms with E-state index in [4.69, 9.17) is 4.74 Å². The highest BCUT2D eigenvalue weighted by Crippen LogP contribution is 2.34. The van der Waals surface area contributed by atoms with Crippen molar-refractivity contribution < 1.29 is 20.1 Å². The molecule has 0 unspecified atom stereocenters. The minimum atomic E-state index is -1.26. The maximum Gasteiger partial charge on any atom is 0.182 e. The molecule has 0 spiro atoms. The van der Waals surface area contributed by atoms with Gasteiger partial charge in [0.15, 0.2) is 29.0 Å². The van der Waals surface area contributed by atoms with Crippen LogP contribution in [0.4, 0.5) is 5.82 Å². The Kier molecular flexibility index (Phi) is 4.82. The van der Waals surface area contributed by atoms with E-state index >= 15 is 0 Å². The van der Waals surface area contributed by atoms with E-state index in [-0.39, 0.29) is 0 Å². The molecule has 5 heterocycles. The van der Waals surface area contributed by atoms with Crippen LogP contribution in [0.2, 0.25) is 0 Å². The standard InChI is InChI=1S/C19H20N8O4/c1-20-16-13-18(27(8-22-13)19-15(30)14(29)11(7-28)31-19)25-17(24-16)12-10(6-23-26-12)9-2-4-21-5-3-9/h2-6,8,11,14-15,19,28-30H,7H2,1H3,(H,23,26)(H,20,24,25)/t11-,14-,15-,19-/m1/s1. The fourth-order valence-electron chi connectivity index (χ4n) is 3.71. The number of nitrogens with zero attached hydrogens (tertiary/aromatic N) is 6. The molecule has 1 fully saturated rings. The number of aliphatic hydroxyl groups is 3. The summed E-state index contributed by atoms with van der Waals surface area (Å²) in [6.45, 7) is -0.424. The number of pyridine rings is 1. The van der Waals surface area contributed by atoms with E-state index in [2.05, 4.69) is 35.5 Å². The van der Waals surface area contributed by atoms with E-state index in [0.29, 0.717) is 28.5 Å². The molecule has 160 valence electrons. The van der Waals surface area contributed by atoms with Gasteiger partial charge in [0.25, 0.3) is 0 Å². The molecule has 12 heteroatoms. The first-order chi connectivity index (χ1) is 15.1. The predicted octanol–water partition coefficient (Wildman–Crippen LogP) is -0.0684. The molecule has 1 aliphatic rings. The maximum atomic E-state index is 10.4. The number of hydrogen-bond acceptors (Lipinski definition) is 10. The van der Waals surface area contributed by atoms with Crippen molar-refractivity contribution in [3.05, 3.63) is 37.1 Å². The molecule has 0 amide bonds. The molecular weight excluding hydrogens is 404 g/mol. The largest absolute Gasteiger partial charge is 0.394 e. The molecule has 0 bridgehead atoms. The Morgan fingerprint density at radius 2 is 2.00 bits per heavy atom. The predicted molar refractivity (Wildman–Crippen MR) is 109 cm³/mol. The lowest BCUT2D eigenvalue weighted by molar-refractivity contribution is -0.0511. The van der Waals surface area contributed by atoms with Crippen molar-refractivity contribution in [1.29, 1.82) is 0 Å². The number of fused-ring (bicyclic) bond motifs is 1. The van der Waals surface area contributed by atoms with Crippen molar-refractivity contribution in [2.75, 3.05) is 19.0 Å². The average Bonchev–Trinajstić information content (AvgIpc) is 3.52. The van der Waals surface area contributed by atoms with Gasteiger partial charge in [-0.1, -0.05) is 0 Å². The molecule has 0 radical (unpaired) electrons. The summed E-state index contributed by atoms with van der Waals surface area (Å²) < 4.78 is 7.17. The van der Waals surface area contributed by atoms with E-state index in [9.17, 15) is 15.3 Å². The summed E-state index contributed by atoms with van der Waals surface area (Å²) in [7, 11) is 1.72. The van der Waals surface area contributed by atoms with Crippen LogP contribution >= 0.6 is 0 Å². The van der Waals surface area contributed by atoms with Crippen molar-refractivity contribution >= 4 is 17.0 Å².